The van der Waals surface area contributed by atoms with Crippen LogP contribution in [0, 0.1) is 11.3 Å². The Labute approximate surface area is 107 Å². The molecule has 0 saturated carbocycles. The zero-order valence-corrected chi connectivity index (χ0v) is 10.4. The lowest BCUT2D eigenvalue weighted by Gasteiger charge is -2.24. The molecule has 96 valence electrons. The summed E-state index contributed by atoms with van der Waals surface area (Å²) in [5, 5.41) is 15.7. The van der Waals surface area contributed by atoms with Crippen molar-refractivity contribution in [1.29, 1.82) is 5.26 Å². The van der Waals surface area contributed by atoms with Crippen molar-refractivity contribution in [3.63, 3.8) is 0 Å². The Morgan fingerprint density at radius 2 is 2.50 bits per heavy atom. The van der Waals surface area contributed by atoms with Gasteiger partial charge in [0.25, 0.3) is 0 Å². The Morgan fingerprint density at radius 1 is 1.61 bits per heavy atom. The lowest BCUT2D eigenvalue weighted by Crippen LogP contribution is -2.45. The van der Waals surface area contributed by atoms with Crippen molar-refractivity contribution in [2.45, 2.75) is 6.04 Å². The summed E-state index contributed by atoms with van der Waals surface area (Å²) in [6.07, 6.45) is 0. The molecule has 1 unspecified atom stereocenters. The van der Waals surface area contributed by atoms with Crippen LogP contribution in [0.1, 0.15) is 5.56 Å². The molecule has 1 atom stereocenters. The van der Waals surface area contributed by atoms with Crippen molar-refractivity contribution < 1.29 is 9.47 Å². The summed E-state index contributed by atoms with van der Waals surface area (Å²) < 4.78 is 10.5. The quantitative estimate of drug-likeness (QED) is 0.830. The molecule has 1 aromatic rings. The lowest BCUT2D eigenvalue weighted by atomic mass is 10.1. The minimum absolute atomic E-state index is 0.275. The number of benzene rings is 1. The van der Waals surface area contributed by atoms with Gasteiger partial charge in [0.2, 0.25) is 0 Å². The van der Waals surface area contributed by atoms with E-state index in [4.69, 9.17) is 14.7 Å². The third-order valence-corrected chi connectivity index (χ3v) is 2.88. The topological polar surface area (TPSA) is 66.3 Å². The monoisotopic (exact) mass is 247 g/mol. The second kappa shape index (κ2) is 6.24. The van der Waals surface area contributed by atoms with Crippen LogP contribution in [0.5, 0.6) is 5.75 Å². The highest BCUT2D eigenvalue weighted by Gasteiger charge is 2.13. The van der Waals surface area contributed by atoms with Gasteiger partial charge >= 0.3 is 0 Å². The number of hydrogen-bond donors (Lipinski definition) is 2. The average molecular weight is 247 g/mol. The summed E-state index contributed by atoms with van der Waals surface area (Å²) >= 11 is 0. The molecule has 0 aliphatic carbocycles. The maximum Gasteiger partial charge on any atom is 0.121 e. The molecule has 1 aromatic carbocycles. The fraction of sp³-hybridized carbons (Fsp3) is 0.462. The Bertz CT molecular complexity index is 436. The van der Waals surface area contributed by atoms with Gasteiger partial charge in [0.1, 0.15) is 11.8 Å². The predicted octanol–water partition coefficient (Wildman–Crippen LogP) is 0.967. The van der Waals surface area contributed by atoms with Gasteiger partial charge in [0, 0.05) is 25.2 Å². The van der Waals surface area contributed by atoms with Crippen LogP contribution in [0.3, 0.4) is 0 Å². The van der Waals surface area contributed by atoms with E-state index in [1.165, 1.54) is 0 Å². The molecule has 0 aromatic heterocycles. The first kappa shape index (κ1) is 12.7. The SMILES string of the molecule is COc1ccc(C#N)c(NCC2COCCN2)c1. The number of nitriles is 1. The molecule has 2 N–H and O–H groups in total. The molecule has 0 spiro atoms. The molecule has 0 bridgehead atoms. The van der Waals surface area contributed by atoms with E-state index in [0.29, 0.717) is 12.2 Å². The first-order valence-electron chi connectivity index (χ1n) is 5.96. The lowest BCUT2D eigenvalue weighted by molar-refractivity contribution is 0.0806. The van der Waals surface area contributed by atoms with Gasteiger partial charge in [-0.25, -0.2) is 0 Å². The molecule has 5 heteroatoms. The van der Waals surface area contributed by atoms with Crippen molar-refractivity contribution in [2.24, 2.45) is 0 Å². The minimum atomic E-state index is 0.275. The van der Waals surface area contributed by atoms with E-state index in [0.717, 1.165) is 31.1 Å². The summed E-state index contributed by atoms with van der Waals surface area (Å²) in [6.45, 7) is 3.05. The molecule has 1 fully saturated rings. The highest BCUT2D eigenvalue weighted by molar-refractivity contribution is 5.60. The highest BCUT2D eigenvalue weighted by Crippen LogP contribution is 2.21. The summed E-state index contributed by atoms with van der Waals surface area (Å²) in [7, 11) is 1.61. The molecule has 1 heterocycles. The smallest absolute Gasteiger partial charge is 0.121 e. The number of rotatable bonds is 4. The van der Waals surface area contributed by atoms with Crippen molar-refractivity contribution in [3.05, 3.63) is 23.8 Å². The number of anilines is 1. The normalized spacial score (nSPS) is 19.0. The van der Waals surface area contributed by atoms with Gasteiger partial charge in [-0.2, -0.15) is 5.26 Å². The molecule has 1 aliphatic rings. The zero-order chi connectivity index (χ0) is 12.8. The van der Waals surface area contributed by atoms with Crippen LogP contribution in [0.2, 0.25) is 0 Å². The standard InChI is InChI=1S/C13H17N3O2/c1-17-12-3-2-10(7-14)13(6-12)16-8-11-9-18-5-4-15-11/h2-3,6,11,15-16H,4-5,8-9H2,1H3. The van der Waals surface area contributed by atoms with E-state index in [1.54, 1.807) is 19.2 Å². The summed E-state index contributed by atoms with van der Waals surface area (Å²) in [5.74, 6) is 0.740. The van der Waals surface area contributed by atoms with Gasteiger partial charge in [-0.15, -0.1) is 0 Å². The molecule has 1 saturated heterocycles. The van der Waals surface area contributed by atoms with Gasteiger partial charge in [-0.3, -0.25) is 0 Å². The molecular weight excluding hydrogens is 230 g/mol. The van der Waals surface area contributed by atoms with E-state index in [2.05, 4.69) is 16.7 Å². The Hall–Kier alpha value is -1.77. The van der Waals surface area contributed by atoms with Crippen LogP contribution < -0.4 is 15.4 Å². The fourth-order valence-corrected chi connectivity index (χ4v) is 1.88. The van der Waals surface area contributed by atoms with E-state index in [-0.39, 0.29) is 6.04 Å². The van der Waals surface area contributed by atoms with Crippen LogP contribution in [-0.2, 0) is 4.74 Å². The number of ether oxygens (including phenoxy) is 2. The van der Waals surface area contributed by atoms with Crippen LogP contribution >= 0.6 is 0 Å². The molecule has 0 amide bonds. The van der Waals surface area contributed by atoms with Crippen molar-refractivity contribution in [1.82, 2.24) is 5.32 Å². The van der Waals surface area contributed by atoms with Gasteiger partial charge in [0.05, 0.1) is 31.6 Å². The number of nitrogens with zero attached hydrogens (tertiary/aromatic N) is 1. The molecule has 2 rings (SSSR count). The van der Waals surface area contributed by atoms with Gasteiger partial charge in [0.15, 0.2) is 0 Å². The number of morpholine rings is 1. The van der Waals surface area contributed by atoms with Crippen LogP contribution in [0.25, 0.3) is 0 Å². The summed E-state index contributed by atoms with van der Waals surface area (Å²) in [4.78, 5) is 0. The van der Waals surface area contributed by atoms with Crippen LogP contribution in [-0.4, -0.2) is 39.5 Å². The first-order chi connectivity index (χ1) is 8.83. The van der Waals surface area contributed by atoms with Gasteiger partial charge in [-0.05, 0) is 12.1 Å². The molecule has 1 aliphatic heterocycles. The van der Waals surface area contributed by atoms with E-state index in [1.807, 2.05) is 6.07 Å². The fourth-order valence-electron chi connectivity index (χ4n) is 1.88. The first-order valence-corrected chi connectivity index (χ1v) is 5.96. The Balaban J connectivity index is 2.00. The largest absolute Gasteiger partial charge is 0.497 e. The number of nitrogens with one attached hydrogen (secondary N) is 2. The molecular formula is C13H17N3O2. The molecule has 5 nitrogen and oxygen atoms in total. The predicted molar refractivity (Wildman–Crippen MR) is 68.8 cm³/mol. The maximum absolute atomic E-state index is 9.05. The van der Waals surface area contributed by atoms with E-state index in [9.17, 15) is 0 Å². The number of methoxy groups -OCH3 is 1. The van der Waals surface area contributed by atoms with Gasteiger partial charge in [-0.1, -0.05) is 0 Å². The third-order valence-electron chi connectivity index (χ3n) is 2.88. The second-order valence-corrected chi connectivity index (χ2v) is 4.13. The van der Waals surface area contributed by atoms with E-state index >= 15 is 0 Å². The van der Waals surface area contributed by atoms with E-state index < -0.39 is 0 Å². The Kier molecular flexibility index (Phi) is 4.40. The van der Waals surface area contributed by atoms with Crippen molar-refractivity contribution in [2.75, 3.05) is 38.7 Å². The second-order valence-electron chi connectivity index (χ2n) is 4.13. The Morgan fingerprint density at radius 3 is 3.17 bits per heavy atom. The summed E-state index contributed by atoms with van der Waals surface area (Å²) in [5.41, 5.74) is 1.41. The maximum atomic E-state index is 9.05. The number of hydrogen-bond acceptors (Lipinski definition) is 5. The summed E-state index contributed by atoms with van der Waals surface area (Å²) in [6, 6.07) is 7.81. The van der Waals surface area contributed by atoms with Crippen molar-refractivity contribution >= 4 is 5.69 Å². The van der Waals surface area contributed by atoms with Crippen LogP contribution in [0.4, 0.5) is 5.69 Å². The minimum Gasteiger partial charge on any atom is -0.497 e. The highest BCUT2D eigenvalue weighted by atomic mass is 16.5. The average Bonchev–Trinajstić information content (AvgIpc) is 2.45. The van der Waals surface area contributed by atoms with Gasteiger partial charge < -0.3 is 20.1 Å². The van der Waals surface area contributed by atoms with Crippen LogP contribution in [0.15, 0.2) is 18.2 Å². The molecule has 18 heavy (non-hydrogen) atoms. The zero-order valence-electron chi connectivity index (χ0n) is 10.4. The molecule has 0 radical (unpaired) electrons. The van der Waals surface area contributed by atoms with Crippen molar-refractivity contribution in [3.8, 4) is 11.8 Å². The third kappa shape index (κ3) is 3.13.